The number of furan rings is 1. The van der Waals surface area contributed by atoms with Gasteiger partial charge in [-0.1, -0.05) is 18.2 Å². The van der Waals surface area contributed by atoms with Gasteiger partial charge in [-0.15, -0.1) is 0 Å². The monoisotopic (exact) mass is 343 g/mol. The lowest BCUT2D eigenvalue weighted by Gasteiger charge is -2.39. The maximum atomic E-state index is 12.4. The molecule has 0 spiro atoms. The van der Waals surface area contributed by atoms with Crippen LogP contribution in [0, 0.1) is 6.92 Å². The molecule has 6 nitrogen and oxygen atoms in total. The Morgan fingerprint density at radius 3 is 2.76 bits per heavy atom. The van der Waals surface area contributed by atoms with Gasteiger partial charge in [-0.2, -0.15) is 0 Å². The molecule has 0 bridgehead atoms. The van der Waals surface area contributed by atoms with Crippen molar-refractivity contribution in [2.75, 3.05) is 0 Å². The van der Waals surface area contributed by atoms with E-state index in [0.29, 0.717) is 12.8 Å². The van der Waals surface area contributed by atoms with Crippen LogP contribution in [0.3, 0.4) is 0 Å². The third-order valence-electron chi connectivity index (χ3n) is 4.92. The summed E-state index contributed by atoms with van der Waals surface area (Å²) in [4.78, 5) is 24.0. The largest absolute Gasteiger partial charge is 0.459 e. The quantitative estimate of drug-likeness (QED) is 0.800. The van der Waals surface area contributed by atoms with Crippen molar-refractivity contribution in [3.63, 3.8) is 0 Å². The summed E-state index contributed by atoms with van der Waals surface area (Å²) in [5, 5.41) is 9.90. The van der Waals surface area contributed by atoms with Crippen molar-refractivity contribution in [3.05, 3.63) is 35.6 Å². The van der Waals surface area contributed by atoms with Crippen molar-refractivity contribution in [2.24, 2.45) is 0 Å². The van der Waals surface area contributed by atoms with Crippen molar-refractivity contribution in [3.8, 4) is 0 Å². The summed E-state index contributed by atoms with van der Waals surface area (Å²) < 4.78 is 5.91. The molecule has 1 unspecified atom stereocenters. The van der Waals surface area contributed by atoms with E-state index >= 15 is 0 Å². The van der Waals surface area contributed by atoms with E-state index in [9.17, 15) is 9.59 Å². The molecule has 1 aliphatic rings. The highest BCUT2D eigenvalue weighted by Crippen LogP contribution is 2.29. The lowest BCUT2D eigenvalue weighted by molar-refractivity contribution is -0.125. The van der Waals surface area contributed by atoms with Crippen LogP contribution in [0.5, 0.6) is 0 Å². The summed E-state index contributed by atoms with van der Waals surface area (Å²) in [6, 6.07) is 7.20. The number of benzene rings is 1. The first kappa shape index (κ1) is 17.3. The Morgan fingerprint density at radius 2 is 2.08 bits per heavy atom. The van der Waals surface area contributed by atoms with E-state index in [0.717, 1.165) is 22.3 Å². The molecular weight excluding hydrogens is 318 g/mol. The van der Waals surface area contributed by atoms with E-state index in [1.807, 2.05) is 52.0 Å². The molecule has 1 aromatic heterocycles. The highest BCUT2D eigenvalue weighted by molar-refractivity contribution is 5.83. The predicted molar refractivity (Wildman–Crippen MR) is 96.3 cm³/mol. The number of piperidine rings is 1. The highest BCUT2D eigenvalue weighted by atomic mass is 16.3. The average molecular weight is 343 g/mol. The van der Waals surface area contributed by atoms with Gasteiger partial charge < -0.3 is 20.4 Å². The Bertz CT molecular complexity index is 809. The van der Waals surface area contributed by atoms with Crippen LogP contribution in [0.4, 0.5) is 4.79 Å². The van der Waals surface area contributed by atoms with Crippen LogP contribution in [-0.4, -0.2) is 23.5 Å². The Labute approximate surface area is 147 Å². The zero-order valence-corrected chi connectivity index (χ0v) is 15.1. The topological polar surface area (TPSA) is 83.4 Å². The second-order valence-corrected chi connectivity index (χ2v) is 7.29. The third-order valence-corrected chi connectivity index (χ3v) is 4.92. The van der Waals surface area contributed by atoms with Gasteiger partial charge in [0, 0.05) is 17.4 Å². The number of aryl methyl sites for hydroxylation is 1. The first-order valence-electron chi connectivity index (χ1n) is 8.64. The smallest absolute Gasteiger partial charge is 0.315 e. The number of urea groups is 1. The third kappa shape index (κ3) is 3.48. The molecule has 1 saturated heterocycles. The molecule has 2 atom stereocenters. The lowest BCUT2D eigenvalue weighted by atomic mass is 9.87. The van der Waals surface area contributed by atoms with E-state index in [4.69, 9.17) is 4.42 Å². The van der Waals surface area contributed by atoms with Crippen molar-refractivity contribution in [2.45, 2.75) is 58.2 Å². The lowest BCUT2D eigenvalue weighted by Crippen LogP contribution is -2.63. The first-order valence-corrected chi connectivity index (χ1v) is 8.64. The molecule has 6 heteroatoms. The summed E-state index contributed by atoms with van der Waals surface area (Å²) in [6.07, 6.45) is 1.05. The number of amides is 3. The molecule has 3 amide bonds. The number of fused-ring (bicyclic) bond motifs is 1. The molecule has 1 fully saturated rings. The zero-order chi connectivity index (χ0) is 18.2. The van der Waals surface area contributed by atoms with Gasteiger partial charge >= 0.3 is 6.03 Å². The van der Waals surface area contributed by atoms with Crippen molar-refractivity contribution in [1.82, 2.24) is 16.0 Å². The van der Waals surface area contributed by atoms with Gasteiger partial charge in [-0.3, -0.25) is 4.79 Å². The molecule has 134 valence electrons. The summed E-state index contributed by atoms with van der Waals surface area (Å²) in [6.45, 7) is 7.73. The number of carbonyl (C=O) groups excluding carboxylic acids is 2. The van der Waals surface area contributed by atoms with Crippen LogP contribution < -0.4 is 16.0 Å². The Kier molecular flexibility index (Phi) is 4.45. The number of para-hydroxylation sites is 1. The summed E-state index contributed by atoms with van der Waals surface area (Å²) in [7, 11) is 0. The molecule has 3 rings (SSSR count). The van der Waals surface area contributed by atoms with Crippen molar-refractivity contribution < 1.29 is 14.0 Å². The molecule has 25 heavy (non-hydrogen) atoms. The molecule has 1 aliphatic heterocycles. The van der Waals surface area contributed by atoms with Gasteiger partial charge in [-0.25, -0.2) is 4.79 Å². The Balaban J connectivity index is 1.68. The van der Waals surface area contributed by atoms with E-state index in [1.165, 1.54) is 0 Å². The highest BCUT2D eigenvalue weighted by Gasteiger charge is 2.36. The minimum Gasteiger partial charge on any atom is -0.459 e. The number of hydrogen-bond acceptors (Lipinski definition) is 3. The van der Waals surface area contributed by atoms with E-state index in [-0.39, 0.29) is 24.0 Å². The zero-order valence-electron chi connectivity index (χ0n) is 15.1. The number of nitrogens with one attached hydrogen (secondary N) is 3. The molecule has 1 aromatic carbocycles. The summed E-state index contributed by atoms with van der Waals surface area (Å²) in [5.41, 5.74) is 1.39. The number of carbonyl (C=O) groups is 2. The standard InChI is InChI=1S/C19H25N3O3/c1-11-13-7-5-6-8-14(13)25-17(11)12(2)20-18(24)21-15-9-10-16(23)22-19(15,3)4/h5-8,12,15H,9-10H2,1-4H3,(H,22,23)(H2,20,21,24)/t12-,15?/m1/s1. The molecule has 0 radical (unpaired) electrons. The van der Waals surface area contributed by atoms with E-state index in [2.05, 4.69) is 16.0 Å². The van der Waals surface area contributed by atoms with Crippen LogP contribution in [0.2, 0.25) is 0 Å². The maximum Gasteiger partial charge on any atom is 0.315 e. The van der Waals surface area contributed by atoms with Gasteiger partial charge in [0.1, 0.15) is 11.3 Å². The fraction of sp³-hybridized carbons (Fsp3) is 0.474. The van der Waals surface area contributed by atoms with E-state index < -0.39 is 5.54 Å². The first-order chi connectivity index (χ1) is 11.8. The predicted octanol–water partition coefficient (Wildman–Crippen LogP) is 3.16. The Hall–Kier alpha value is -2.50. The number of rotatable bonds is 3. The van der Waals surface area contributed by atoms with Crippen LogP contribution in [0.1, 0.15) is 51.0 Å². The number of hydrogen-bond donors (Lipinski definition) is 3. The summed E-state index contributed by atoms with van der Waals surface area (Å²) in [5.74, 6) is 0.780. The molecule has 2 aromatic rings. The molecule has 0 saturated carbocycles. The van der Waals surface area contributed by atoms with E-state index in [1.54, 1.807) is 0 Å². The van der Waals surface area contributed by atoms with Crippen molar-refractivity contribution >= 4 is 22.9 Å². The fourth-order valence-electron chi connectivity index (χ4n) is 3.47. The van der Waals surface area contributed by atoms with Crippen LogP contribution in [0.25, 0.3) is 11.0 Å². The minimum absolute atomic E-state index is 0.0229. The molecular formula is C19H25N3O3. The Morgan fingerprint density at radius 1 is 1.36 bits per heavy atom. The SMILES string of the molecule is Cc1c([C@@H](C)NC(=O)NC2CCC(=O)NC2(C)C)oc2ccccc12. The van der Waals surface area contributed by atoms with Gasteiger partial charge in [0.05, 0.1) is 17.6 Å². The minimum atomic E-state index is -0.467. The normalized spacial score (nSPS) is 20.8. The molecule has 0 aliphatic carbocycles. The van der Waals surface area contributed by atoms with Gasteiger partial charge in [0.15, 0.2) is 0 Å². The molecule has 2 heterocycles. The second kappa shape index (κ2) is 6.43. The van der Waals surface area contributed by atoms with Crippen LogP contribution in [-0.2, 0) is 4.79 Å². The van der Waals surface area contributed by atoms with Gasteiger partial charge in [0.25, 0.3) is 0 Å². The molecule has 3 N–H and O–H groups in total. The summed E-state index contributed by atoms with van der Waals surface area (Å²) >= 11 is 0. The second-order valence-electron chi connectivity index (χ2n) is 7.29. The van der Waals surface area contributed by atoms with Gasteiger partial charge in [-0.05, 0) is 40.2 Å². The van der Waals surface area contributed by atoms with Crippen molar-refractivity contribution in [1.29, 1.82) is 0 Å². The van der Waals surface area contributed by atoms with Crippen LogP contribution >= 0.6 is 0 Å². The average Bonchev–Trinajstić information content (AvgIpc) is 2.87. The van der Waals surface area contributed by atoms with Gasteiger partial charge in [0.2, 0.25) is 5.91 Å². The fourth-order valence-corrected chi connectivity index (χ4v) is 3.47. The van der Waals surface area contributed by atoms with Crippen LogP contribution in [0.15, 0.2) is 28.7 Å². The maximum absolute atomic E-state index is 12.4.